The van der Waals surface area contributed by atoms with Crippen LogP contribution < -0.4 is 10.6 Å². The number of rotatable bonds is 7. The Kier molecular flexibility index (Phi) is 7.67. The van der Waals surface area contributed by atoms with E-state index in [2.05, 4.69) is 31.4 Å². The average molecular weight is 436 g/mol. The number of hydrogen-bond acceptors (Lipinski definition) is 3. The first kappa shape index (κ1) is 23.5. The lowest BCUT2D eigenvalue weighted by atomic mass is 9.87. The minimum atomic E-state index is -0.188. The summed E-state index contributed by atoms with van der Waals surface area (Å²) in [5.41, 5.74) is 3.47. The molecule has 0 bridgehead atoms. The smallest absolute Gasteiger partial charge is 0.251 e. The van der Waals surface area contributed by atoms with E-state index in [0.717, 1.165) is 24.9 Å². The van der Waals surface area contributed by atoms with Crippen molar-refractivity contribution in [1.29, 1.82) is 0 Å². The largest absolute Gasteiger partial charge is 0.352 e. The van der Waals surface area contributed by atoms with Crippen LogP contribution in [0.2, 0.25) is 0 Å². The molecule has 1 aliphatic rings. The van der Waals surface area contributed by atoms with Gasteiger partial charge in [-0.25, -0.2) is 0 Å². The number of piperidine rings is 1. The first-order valence-electron chi connectivity index (χ1n) is 11.3. The van der Waals surface area contributed by atoms with E-state index >= 15 is 0 Å². The van der Waals surface area contributed by atoms with Crippen molar-refractivity contribution in [2.45, 2.75) is 58.4 Å². The first-order chi connectivity index (χ1) is 15.2. The number of benzene rings is 2. The second-order valence-electron chi connectivity index (χ2n) is 9.35. The molecular formula is C26H33N3O3. The fourth-order valence-corrected chi connectivity index (χ4v) is 3.73. The van der Waals surface area contributed by atoms with Crippen molar-refractivity contribution in [2.75, 3.05) is 18.4 Å². The Labute approximate surface area is 190 Å². The van der Waals surface area contributed by atoms with Gasteiger partial charge in [0, 0.05) is 43.7 Å². The number of likely N-dealkylation sites (tertiary alicyclic amines) is 1. The predicted molar refractivity (Wildman–Crippen MR) is 126 cm³/mol. The number of carbonyl (C=O) groups is 3. The van der Waals surface area contributed by atoms with Gasteiger partial charge in [-0.2, -0.15) is 0 Å². The molecule has 0 aliphatic carbocycles. The van der Waals surface area contributed by atoms with Gasteiger partial charge in [0.1, 0.15) is 0 Å². The maximum Gasteiger partial charge on any atom is 0.251 e. The van der Waals surface area contributed by atoms with E-state index in [4.69, 9.17) is 0 Å². The van der Waals surface area contributed by atoms with Crippen molar-refractivity contribution in [2.24, 2.45) is 0 Å². The summed E-state index contributed by atoms with van der Waals surface area (Å²) < 4.78 is 0. The van der Waals surface area contributed by atoms with Gasteiger partial charge >= 0.3 is 0 Å². The average Bonchev–Trinajstić information content (AvgIpc) is 2.75. The van der Waals surface area contributed by atoms with Crippen LogP contribution >= 0.6 is 0 Å². The van der Waals surface area contributed by atoms with Crippen LogP contribution in [0.25, 0.3) is 0 Å². The highest BCUT2D eigenvalue weighted by molar-refractivity contribution is 5.95. The van der Waals surface area contributed by atoms with Gasteiger partial charge in [-0.05, 0) is 53.6 Å². The van der Waals surface area contributed by atoms with Gasteiger partial charge in [0.2, 0.25) is 11.8 Å². The van der Waals surface area contributed by atoms with Crippen LogP contribution in [0.5, 0.6) is 0 Å². The van der Waals surface area contributed by atoms with Gasteiger partial charge < -0.3 is 15.5 Å². The zero-order valence-corrected chi connectivity index (χ0v) is 19.2. The van der Waals surface area contributed by atoms with Gasteiger partial charge in [0.25, 0.3) is 5.91 Å². The Morgan fingerprint density at radius 3 is 2.47 bits per heavy atom. The Hall–Kier alpha value is -3.15. The number of nitrogens with zero attached hydrogens (tertiary/aromatic N) is 1. The van der Waals surface area contributed by atoms with Gasteiger partial charge in [-0.1, -0.05) is 45.0 Å². The molecule has 1 fully saturated rings. The van der Waals surface area contributed by atoms with Crippen LogP contribution in [0.1, 0.15) is 67.9 Å². The second kappa shape index (κ2) is 10.4. The molecule has 0 spiro atoms. The maximum atomic E-state index is 12.3. The Morgan fingerprint density at radius 2 is 1.78 bits per heavy atom. The summed E-state index contributed by atoms with van der Waals surface area (Å²) in [5, 5.41) is 5.68. The van der Waals surface area contributed by atoms with Crippen LogP contribution in [-0.2, 0) is 21.5 Å². The topological polar surface area (TPSA) is 78.5 Å². The second-order valence-corrected chi connectivity index (χ2v) is 9.35. The van der Waals surface area contributed by atoms with Crippen LogP contribution in [0.4, 0.5) is 5.69 Å². The van der Waals surface area contributed by atoms with Gasteiger partial charge in [0.05, 0.1) is 0 Å². The Bertz CT molecular complexity index is 961. The van der Waals surface area contributed by atoms with E-state index < -0.39 is 0 Å². The van der Waals surface area contributed by atoms with Crippen LogP contribution in [0, 0.1) is 0 Å². The van der Waals surface area contributed by atoms with Crippen molar-refractivity contribution in [3.8, 4) is 0 Å². The van der Waals surface area contributed by atoms with E-state index in [1.54, 1.807) is 0 Å². The van der Waals surface area contributed by atoms with Crippen molar-refractivity contribution < 1.29 is 14.4 Å². The molecule has 6 heteroatoms. The molecule has 2 aromatic rings. The van der Waals surface area contributed by atoms with Gasteiger partial charge in [0.15, 0.2) is 0 Å². The molecule has 1 aliphatic heterocycles. The summed E-state index contributed by atoms with van der Waals surface area (Å²) >= 11 is 0. The van der Waals surface area contributed by atoms with E-state index in [1.165, 1.54) is 5.56 Å². The van der Waals surface area contributed by atoms with Crippen LogP contribution in [0.3, 0.4) is 0 Å². The summed E-state index contributed by atoms with van der Waals surface area (Å²) in [5.74, 6) is -0.166. The normalized spacial score (nSPS) is 14.2. The molecule has 2 aromatic carbocycles. The predicted octanol–water partition coefficient (Wildman–Crippen LogP) is 4.26. The maximum absolute atomic E-state index is 12.3. The quantitative estimate of drug-likeness (QED) is 0.682. The lowest BCUT2D eigenvalue weighted by molar-refractivity contribution is -0.133. The molecule has 0 saturated carbocycles. The summed E-state index contributed by atoms with van der Waals surface area (Å²) in [6, 6.07) is 15.1. The standard InChI is InChI=1S/C26H33N3O3/c1-26(2,3)21-12-10-20(11-13-21)25(32)27-15-14-23(30)28-22-8-6-7-19(17-22)18-29-16-5-4-9-24(29)31/h6-8,10-13,17H,4-5,9,14-16,18H2,1-3H3,(H,27,32)(H,28,30). The first-order valence-corrected chi connectivity index (χ1v) is 11.3. The Balaban J connectivity index is 1.45. The molecule has 0 atom stereocenters. The molecule has 170 valence electrons. The summed E-state index contributed by atoms with van der Waals surface area (Å²) in [4.78, 5) is 38.5. The number of nitrogens with one attached hydrogen (secondary N) is 2. The molecule has 6 nitrogen and oxygen atoms in total. The van der Waals surface area contributed by atoms with E-state index in [1.807, 2.05) is 53.4 Å². The molecule has 0 aromatic heterocycles. The zero-order valence-electron chi connectivity index (χ0n) is 19.2. The minimum absolute atomic E-state index is 0.0354. The monoisotopic (exact) mass is 435 g/mol. The molecule has 0 radical (unpaired) electrons. The number of amides is 3. The van der Waals surface area contributed by atoms with Crippen molar-refractivity contribution in [3.05, 3.63) is 65.2 Å². The third kappa shape index (κ3) is 6.67. The highest BCUT2D eigenvalue weighted by Gasteiger charge is 2.18. The molecule has 1 heterocycles. The molecule has 3 rings (SSSR count). The number of anilines is 1. The van der Waals surface area contributed by atoms with E-state index in [9.17, 15) is 14.4 Å². The van der Waals surface area contributed by atoms with Crippen LogP contribution in [0.15, 0.2) is 48.5 Å². The lowest BCUT2D eigenvalue weighted by Gasteiger charge is -2.26. The fraction of sp³-hybridized carbons (Fsp3) is 0.423. The summed E-state index contributed by atoms with van der Waals surface area (Å²) in [6.45, 7) is 7.99. The van der Waals surface area contributed by atoms with Gasteiger partial charge in [-0.3, -0.25) is 14.4 Å². The van der Waals surface area contributed by atoms with Crippen LogP contribution in [-0.4, -0.2) is 35.7 Å². The van der Waals surface area contributed by atoms with E-state index in [-0.39, 0.29) is 36.1 Å². The molecule has 1 saturated heterocycles. The molecule has 2 N–H and O–H groups in total. The van der Waals surface area contributed by atoms with Crippen molar-refractivity contribution in [1.82, 2.24) is 10.2 Å². The molecule has 32 heavy (non-hydrogen) atoms. The minimum Gasteiger partial charge on any atom is -0.352 e. The third-order valence-corrected chi connectivity index (χ3v) is 5.66. The molecular weight excluding hydrogens is 402 g/mol. The summed E-state index contributed by atoms with van der Waals surface area (Å²) in [6.07, 6.45) is 2.79. The SMILES string of the molecule is CC(C)(C)c1ccc(C(=O)NCCC(=O)Nc2cccc(CN3CCCCC3=O)c2)cc1. The summed E-state index contributed by atoms with van der Waals surface area (Å²) in [7, 11) is 0. The molecule has 0 unspecified atom stereocenters. The lowest BCUT2D eigenvalue weighted by Crippen LogP contribution is -2.34. The van der Waals surface area contributed by atoms with E-state index in [0.29, 0.717) is 24.2 Å². The molecule has 3 amide bonds. The van der Waals surface area contributed by atoms with Crippen molar-refractivity contribution >= 4 is 23.4 Å². The zero-order chi connectivity index (χ0) is 23.1. The van der Waals surface area contributed by atoms with Gasteiger partial charge in [-0.15, -0.1) is 0 Å². The number of carbonyl (C=O) groups excluding carboxylic acids is 3. The van der Waals surface area contributed by atoms with Crippen molar-refractivity contribution in [3.63, 3.8) is 0 Å². The Morgan fingerprint density at radius 1 is 1.03 bits per heavy atom. The highest BCUT2D eigenvalue weighted by atomic mass is 16.2. The fourth-order valence-electron chi connectivity index (χ4n) is 3.73. The highest BCUT2D eigenvalue weighted by Crippen LogP contribution is 2.22. The third-order valence-electron chi connectivity index (χ3n) is 5.66. The number of hydrogen-bond donors (Lipinski definition) is 2.